The fourth-order valence-corrected chi connectivity index (χ4v) is 4.29. The quantitative estimate of drug-likeness (QED) is 0.699. The van der Waals surface area contributed by atoms with E-state index in [9.17, 15) is 18.0 Å². The number of carboxylic acid groups (broad SMARTS) is 1. The highest BCUT2D eigenvalue weighted by Crippen LogP contribution is 2.54. The first-order valence-electron chi connectivity index (χ1n) is 7.23. The van der Waals surface area contributed by atoms with Crippen LogP contribution in [0.5, 0.6) is 0 Å². The number of halogens is 5. The first-order valence-corrected chi connectivity index (χ1v) is 8.80. The molecule has 3 nitrogen and oxygen atoms in total. The van der Waals surface area contributed by atoms with Crippen LogP contribution in [0.3, 0.4) is 0 Å². The van der Waals surface area contributed by atoms with Crippen LogP contribution >= 0.6 is 35.0 Å². The highest BCUT2D eigenvalue weighted by Gasteiger charge is 2.59. The number of rotatable bonds is 3. The van der Waals surface area contributed by atoms with Gasteiger partial charge in [-0.05, 0) is 35.9 Å². The van der Waals surface area contributed by atoms with Gasteiger partial charge in [-0.2, -0.15) is 13.2 Å². The molecule has 26 heavy (non-hydrogen) atoms. The third kappa shape index (κ3) is 3.43. The van der Waals surface area contributed by atoms with Gasteiger partial charge in [0, 0.05) is 15.6 Å². The van der Waals surface area contributed by atoms with Gasteiger partial charge in [0.25, 0.3) is 0 Å². The minimum atomic E-state index is -4.60. The number of benzene rings is 2. The average Bonchev–Trinajstić information content (AvgIpc) is 3.00. The zero-order valence-electron chi connectivity index (χ0n) is 12.8. The Labute approximate surface area is 160 Å². The second-order valence-corrected chi connectivity index (χ2v) is 7.75. The van der Waals surface area contributed by atoms with E-state index in [0.717, 1.165) is 0 Å². The van der Waals surface area contributed by atoms with Gasteiger partial charge in [0.15, 0.2) is 4.75 Å². The summed E-state index contributed by atoms with van der Waals surface area (Å²) >= 11 is 12.3. The SMILES string of the molecule is O=C(O)c1ccc(C2=NCC(c3cc(Cl)cc(Cl)c3)(C(F)(F)F)S2)cc1. The predicted molar refractivity (Wildman–Crippen MR) is 96.6 cm³/mol. The molecule has 0 fully saturated rings. The van der Waals surface area contributed by atoms with Gasteiger partial charge in [-0.15, -0.1) is 0 Å². The molecule has 1 unspecified atom stereocenters. The first-order chi connectivity index (χ1) is 12.1. The van der Waals surface area contributed by atoms with Crippen molar-refractivity contribution in [3.05, 3.63) is 69.2 Å². The van der Waals surface area contributed by atoms with Crippen LogP contribution in [-0.2, 0) is 4.75 Å². The van der Waals surface area contributed by atoms with Crippen LogP contribution in [0.1, 0.15) is 21.5 Å². The zero-order valence-corrected chi connectivity index (χ0v) is 15.2. The molecule has 3 rings (SSSR count). The molecule has 0 bridgehead atoms. The second kappa shape index (κ2) is 6.79. The summed E-state index contributed by atoms with van der Waals surface area (Å²) in [5.41, 5.74) is 0.383. The van der Waals surface area contributed by atoms with Crippen molar-refractivity contribution in [2.24, 2.45) is 4.99 Å². The van der Waals surface area contributed by atoms with Gasteiger partial charge in [0.2, 0.25) is 0 Å². The summed E-state index contributed by atoms with van der Waals surface area (Å²) in [6, 6.07) is 9.36. The zero-order chi connectivity index (χ0) is 19.1. The van der Waals surface area contributed by atoms with Gasteiger partial charge in [-0.3, -0.25) is 4.99 Å². The standard InChI is InChI=1S/C17H10Cl2F3NO2S/c18-12-5-11(6-13(19)7-12)16(17(20,21)22)8-23-14(26-16)9-1-3-10(4-2-9)15(24)25/h1-7H,8H2,(H,24,25). The minimum Gasteiger partial charge on any atom is -0.478 e. The van der Waals surface area contributed by atoms with E-state index in [-0.39, 0.29) is 26.2 Å². The number of aliphatic imine (C=N–C) groups is 1. The maximum absolute atomic E-state index is 14.0. The molecule has 1 N–H and O–H groups in total. The Bertz CT molecular complexity index is 880. The van der Waals surface area contributed by atoms with Crippen LogP contribution in [0.2, 0.25) is 10.0 Å². The van der Waals surface area contributed by atoms with Crippen molar-refractivity contribution in [1.82, 2.24) is 0 Å². The van der Waals surface area contributed by atoms with Crippen molar-refractivity contribution in [3.8, 4) is 0 Å². The third-order valence-electron chi connectivity index (χ3n) is 3.88. The number of hydrogen-bond donors (Lipinski definition) is 1. The summed E-state index contributed by atoms with van der Waals surface area (Å²) in [5, 5.41) is 9.31. The lowest BCUT2D eigenvalue weighted by atomic mass is 9.97. The van der Waals surface area contributed by atoms with Crippen LogP contribution in [0.25, 0.3) is 0 Å². The molecule has 2 aromatic rings. The fourth-order valence-electron chi connectivity index (χ4n) is 2.57. The maximum atomic E-state index is 14.0. The molecule has 0 amide bonds. The summed E-state index contributed by atoms with van der Waals surface area (Å²) in [4.78, 5) is 15.0. The van der Waals surface area contributed by atoms with E-state index >= 15 is 0 Å². The predicted octanol–water partition coefficient (Wildman–Crippen LogP) is 5.64. The average molecular weight is 420 g/mol. The number of carbonyl (C=O) groups is 1. The Morgan fingerprint density at radius 1 is 1.12 bits per heavy atom. The summed E-state index contributed by atoms with van der Waals surface area (Å²) in [6.07, 6.45) is -4.60. The van der Waals surface area contributed by atoms with Crippen LogP contribution in [0.15, 0.2) is 47.5 Å². The number of nitrogens with zero attached hydrogens (tertiary/aromatic N) is 1. The summed E-state index contributed by atoms with van der Waals surface area (Å²) < 4.78 is 39.6. The van der Waals surface area contributed by atoms with Gasteiger partial charge < -0.3 is 5.11 Å². The number of hydrogen-bond acceptors (Lipinski definition) is 3. The highest BCUT2D eigenvalue weighted by atomic mass is 35.5. The topological polar surface area (TPSA) is 49.7 Å². The van der Waals surface area contributed by atoms with E-state index in [1.807, 2.05) is 0 Å². The molecule has 2 aromatic carbocycles. The summed E-state index contributed by atoms with van der Waals surface area (Å²) in [6.45, 7) is -0.520. The van der Waals surface area contributed by atoms with Crippen LogP contribution in [0, 0.1) is 0 Å². The van der Waals surface area contributed by atoms with Gasteiger partial charge in [0.05, 0.1) is 17.2 Å². The molecule has 1 aliphatic heterocycles. The molecule has 1 heterocycles. The van der Waals surface area contributed by atoms with E-state index in [1.54, 1.807) is 0 Å². The van der Waals surface area contributed by atoms with E-state index < -0.39 is 23.4 Å². The van der Waals surface area contributed by atoms with Crippen molar-refractivity contribution in [3.63, 3.8) is 0 Å². The smallest absolute Gasteiger partial charge is 0.409 e. The normalized spacial score (nSPS) is 20.1. The number of carboxylic acids is 1. The molecule has 1 aliphatic rings. The Morgan fingerprint density at radius 3 is 2.19 bits per heavy atom. The van der Waals surface area contributed by atoms with Crippen LogP contribution in [0.4, 0.5) is 13.2 Å². The summed E-state index contributed by atoms with van der Waals surface area (Å²) in [5.74, 6) is -1.12. The van der Waals surface area contributed by atoms with Crippen molar-refractivity contribution >= 4 is 46.0 Å². The molecule has 0 saturated carbocycles. The Balaban J connectivity index is 1.99. The van der Waals surface area contributed by atoms with Gasteiger partial charge in [-0.25, -0.2) is 4.79 Å². The molecule has 9 heteroatoms. The van der Waals surface area contributed by atoms with E-state index in [1.165, 1.54) is 42.5 Å². The van der Waals surface area contributed by atoms with Crippen molar-refractivity contribution in [2.75, 3.05) is 6.54 Å². The van der Waals surface area contributed by atoms with Crippen molar-refractivity contribution < 1.29 is 23.1 Å². The molecular formula is C17H10Cl2F3NO2S. The van der Waals surface area contributed by atoms with Crippen molar-refractivity contribution in [2.45, 2.75) is 10.9 Å². The Morgan fingerprint density at radius 2 is 1.69 bits per heavy atom. The highest BCUT2D eigenvalue weighted by molar-refractivity contribution is 8.15. The van der Waals surface area contributed by atoms with Gasteiger partial charge >= 0.3 is 12.1 Å². The lowest BCUT2D eigenvalue weighted by molar-refractivity contribution is -0.158. The lowest BCUT2D eigenvalue weighted by Crippen LogP contribution is -2.40. The van der Waals surface area contributed by atoms with Crippen molar-refractivity contribution in [1.29, 1.82) is 0 Å². The van der Waals surface area contributed by atoms with Gasteiger partial charge in [0.1, 0.15) is 0 Å². The fraction of sp³-hybridized carbons (Fsp3) is 0.176. The molecule has 136 valence electrons. The summed E-state index contributed by atoms with van der Waals surface area (Å²) in [7, 11) is 0. The molecule has 0 spiro atoms. The van der Waals surface area contributed by atoms with Crippen LogP contribution < -0.4 is 0 Å². The second-order valence-electron chi connectivity index (χ2n) is 5.59. The molecule has 0 radical (unpaired) electrons. The largest absolute Gasteiger partial charge is 0.478 e. The molecule has 0 aromatic heterocycles. The Kier molecular flexibility index (Phi) is 4.98. The van der Waals surface area contributed by atoms with E-state index in [0.29, 0.717) is 17.3 Å². The van der Waals surface area contributed by atoms with E-state index in [2.05, 4.69) is 4.99 Å². The van der Waals surface area contributed by atoms with Gasteiger partial charge in [-0.1, -0.05) is 47.1 Å². The first kappa shape index (κ1) is 19.1. The van der Waals surface area contributed by atoms with Crippen LogP contribution in [-0.4, -0.2) is 28.8 Å². The number of alkyl halides is 3. The minimum absolute atomic E-state index is 0.0426. The lowest BCUT2D eigenvalue weighted by Gasteiger charge is -2.30. The monoisotopic (exact) mass is 419 g/mol. The molecule has 0 saturated heterocycles. The maximum Gasteiger partial charge on any atom is 0.409 e. The number of thioether (sulfide) groups is 1. The van der Waals surface area contributed by atoms with E-state index in [4.69, 9.17) is 28.3 Å². The Hall–Kier alpha value is -1.70. The molecule has 1 atom stereocenters. The third-order valence-corrected chi connectivity index (χ3v) is 5.82. The number of aromatic carboxylic acids is 1. The molecular weight excluding hydrogens is 410 g/mol. The molecule has 0 aliphatic carbocycles.